The van der Waals surface area contributed by atoms with Gasteiger partial charge in [0.2, 0.25) is 0 Å². The molecular formula is C15H22ClN3O5S. The molecule has 1 aliphatic heterocycles. The van der Waals surface area contributed by atoms with Crippen LogP contribution in [0.3, 0.4) is 0 Å². The molecular weight excluding hydrogens is 370 g/mol. The van der Waals surface area contributed by atoms with Crippen molar-refractivity contribution in [2.75, 3.05) is 13.1 Å². The highest BCUT2D eigenvalue weighted by atomic mass is 35.5. The molecule has 1 saturated heterocycles. The minimum atomic E-state index is -3.81. The number of benzene rings is 1. The first-order chi connectivity index (χ1) is 11.9. The standard InChI is InChI=1S/C15H22ClN3O5S/c1-2-14(15(20)17-21)18-25(22,23)19-9-7-13(8-10-19)24-12-5-3-11(16)4-6-12/h3-6,13-14,18,21H,2,7-10H2,1H3,(H,17,20)/t14-/m1/s1. The van der Waals surface area contributed by atoms with Crippen molar-refractivity contribution in [3.63, 3.8) is 0 Å². The Bertz CT molecular complexity index is 675. The fourth-order valence-corrected chi connectivity index (χ4v) is 4.15. The summed E-state index contributed by atoms with van der Waals surface area (Å²) in [5.41, 5.74) is 1.47. The van der Waals surface area contributed by atoms with E-state index in [4.69, 9.17) is 21.5 Å². The number of ether oxygens (including phenoxy) is 1. The van der Waals surface area contributed by atoms with Crippen LogP contribution >= 0.6 is 11.6 Å². The van der Waals surface area contributed by atoms with Crippen LogP contribution in [0.2, 0.25) is 5.02 Å². The third-order valence-corrected chi connectivity index (χ3v) is 5.86. The number of halogens is 1. The van der Waals surface area contributed by atoms with Crippen LogP contribution in [0, 0.1) is 0 Å². The first-order valence-electron chi connectivity index (χ1n) is 7.99. The molecule has 0 unspecified atom stereocenters. The number of hydroxylamine groups is 1. The van der Waals surface area contributed by atoms with E-state index in [-0.39, 0.29) is 25.6 Å². The van der Waals surface area contributed by atoms with E-state index >= 15 is 0 Å². The third-order valence-electron chi connectivity index (χ3n) is 3.98. The lowest BCUT2D eigenvalue weighted by atomic mass is 10.1. The molecule has 1 atom stereocenters. The van der Waals surface area contributed by atoms with E-state index in [1.54, 1.807) is 31.2 Å². The van der Waals surface area contributed by atoms with Gasteiger partial charge in [0.25, 0.3) is 16.1 Å². The van der Waals surface area contributed by atoms with Crippen molar-refractivity contribution in [3.8, 4) is 5.75 Å². The van der Waals surface area contributed by atoms with Gasteiger partial charge in [-0.15, -0.1) is 0 Å². The Morgan fingerprint density at radius 1 is 1.36 bits per heavy atom. The van der Waals surface area contributed by atoms with Gasteiger partial charge in [0, 0.05) is 18.1 Å². The minimum Gasteiger partial charge on any atom is -0.490 e. The lowest BCUT2D eigenvalue weighted by Gasteiger charge is -2.32. The van der Waals surface area contributed by atoms with Crippen LogP contribution in [0.25, 0.3) is 0 Å². The first-order valence-corrected chi connectivity index (χ1v) is 9.81. The molecule has 1 amide bonds. The molecule has 0 spiro atoms. The molecule has 140 valence electrons. The second-order valence-corrected chi connectivity index (χ2v) is 7.87. The highest BCUT2D eigenvalue weighted by Gasteiger charge is 2.32. The lowest BCUT2D eigenvalue weighted by Crippen LogP contribution is -2.53. The highest BCUT2D eigenvalue weighted by Crippen LogP contribution is 2.22. The second-order valence-electron chi connectivity index (χ2n) is 5.73. The van der Waals surface area contributed by atoms with Gasteiger partial charge in [-0.25, -0.2) is 5.48 Å². The highest BCUT2D eigenvalue weighted by molar-refractivity contribution is 7.87. The third kappa shape index (κ3) is 5.55. The summed E-state index contributed by atoms with van der Waals surface area (Å²) in [6.45, 7) is 2.21. The van der Waals surface area contributed by atoms with E-state index in [0.717, 1.165) is 0 Å². The summed E-state index contributed by atoms with van der Waals surface area (Å²) in [7, 11) is -3.81. The maximum absolute atomic E-state index is 12.4. The average molecular weight is 392 g/mol. The van der Waals surface area contributed by atoms with E-state index in [1.165, 1.54) is 9.79 Å². The van der Waals surface area contributed by atoms with Gasteiger partial charge in [-0.1, -0.05) is 18.5 Å². The van der Waals surface area contributed by atoms with E-state index in [0.29, 0.717) is 23.6 Å². The monoisotopic (exact) mass is 391 g/mol. The molecule has 0 saturated carbocycles. The van der Waals surface area contributed by atoms with Gasteiger partial charge >= 0.3 is 0 Å². The van der Waals surface area contributed by atoms with Gasteiger partial charge in [-0.2, -0.15) is 17.4 Å². The van der Waals surface area contributed by atoms with Gasteiger partial charge in [0.05, 0.1) is 0 Å². The molecule has 0 bridgehead atoms. The summed E-state index contributed by atoms with van der Waals surface area (Å²) in [5.74, 6) is -0.0958. The molecule has 10 heteroatoms. The largest absolute Gasteiger partial charge is 0.490 e. The summed E-state index contributed by atoms with van der Waals surface area (Å²) < 4.78 is 34.2. The van der Waals surface area contributed by atoms with Crippen LogP contribution in [0.1, 0.15) is 26.2 Å². The van der Waals surface area contributed by atoms with Crippen molar-refractivity contribution >= 4 is 27.7 Å². The number of carbonyl (C=O) groups excluding carboxylic acids is 1. The molecule has 0 aromatic heterocycles. The Morgan fingerprint density at radius 3 is 2.48 bits per heavy atom. The Balaban J connectivity index is 1.89. The Morgan fingerprint density at radius 2 is 1.96 bits per heavy atom. The second kappa shape index (κ2) is 8.81. The Labute approximate surface area is 152 Å². The fourth-order valence-electron chi connectivity index (χ4n) is 2.55. The van der Waals surface area contributed by atoms with Crippen LogP contribution in [0.4, 0.5) is 0 Å². The van der Waals surface area contributed by atoms with Crippen molar-refractivity contribution in [1.29, 1.82) is 0 Å². The summed E-state index contributed by atoms with van der Waals surface area (Å²) in [6, 6.07) is 5.99. The zero-order valence-corrected chi connectivity index (χ0v) is 15.4. The normalized spacial score (nSPS) is 17.9. The van der Waals surface area contributed by atoms with Crippen molar-refractivity contribution < 1.29 is 23.2 Å². The summed E-state index contributed by atoms with van der Waals surface area (Å²) in [5, 5.41) is 9.28. The number of hydrogen-bond donors (Lipinski definition) is 3. The molecule has 0 radical (unpaired) electrons. The van der Waals surface area contributed by atoms with Crippen molar-refractivity contribution in [1.82, 2.24) is 14.5 Å². The lowest BCUT2D eigenvalue weighted by molar-refractivity contribution is -0.131. The number of carbonyl (C=O) groups is 1. The molecule has 1 fully saturated rings. The van der Waals surface area contributed by atoms with Crippen molar-refractivity contribution in [3.05, 3.63) is 29.3 Å². The molecule has 1 heterocycles. The van der Waals surface area contributed by atoms with Crippen LogP contribution in [0.5, 0.6) is 5.75 Å². The number of nitrogens with one attached hydrogen (secondary N) is 2. The molecule has 1 aliphatic rings. The Hall–Kier alpha value is -1.39. The first kappa shape index (κ1) is 19.9. The van der Waals surface area contributed by atoms with Gasteiger partial charge in [0.1, 0.15) is 17.9 Å². The molecule has 3 N–H and O–H groups in total. The molecule has 1 aromatic carbocycles. The van der Waals surface area contributed by atoms with Crippen LogP contribution in [-0.2, 0) is 15.0 Å². The molecule has 1 aromatic rings. The number of nitrogens with zero attached hydrogens (tertiary/aromatic N) is 1. The van der Waals surface area contributed by atoms with Gasteiger partial charge in [0.15, 0.2) is 0 Å². The van der Waals surface area contributed by atoms with E-state index in [9.17, 15) is 13.2 Å². The smallest absolute Gasteiger partial charge is 0.280 e. The predicted octanol–water partition coefficient (Wildman–Crippen LogP) is 1.30. The topological polar surface area (TPSA) is 108 Å². The number of piperidine rings is 1. The quantitative estimate of drug-likeness (QED) is 0.479. The number of hydrogen-bond acceptors (Lipinski definition) is 5. The molecule has 25 heavy (non-hydrogen) atoms. The van der Waals surface area contributed by atoms with Crippen LogP contribution in [0.15, 0.2) is 24.3 Å². The maximum atomic E-state index is 12.4. The van der Waals surface area contributed by atoms with Crippen LogP contribution in [-0.4, -0.2) is 49.1 Å². The zero-order chi connectivity index (χ0) is 18.4. The molecule has 2 rings (SSSR count). The van der Waals surface area contributed by atoms with E-state index < -0.39 is 22.2 Å². The van der Waals surface area contributed by atoms with Gasteiger partial charge in [-0.3, -0.25) is 10.0 Å². The maximum Gasteiger partial charge on any atom is 0.280 e. The van der Waals surface area contributed by atoms with Gasteiger partial charge in [-0.05, 0) is 43.5 Å². The van der Waals surface area contributed by atoms with Crippen molar-refractivity contribution in [2.24, 2.45) is 0 Å². The van der Waals surface area contributed by atoms with Crippen molar-refractivity contribution in [2.45, 2.75) is 38.3 Å². The molecule has 0 aliphatic carbocycles. The predicted molar refractivity (Wildman–Crippen MR) is 92.7 cm³/mol. The van der Waals surface area contributed by atoms with Crippen LogP contribution < -0.4 is 14.9 Å². The SMILES string of the molecule is CC[C@@H](NS(=O)(=O)N1CCC(Oc2ccc(Cl)cc2)CC1)C(=O)NO. The van der Waals surface area contributed by atoms with Gasteiger partial charge < -0.3 is 4.74 Å². The number of amides is 1. The summed E-state index contributed by atoms with van der Waals surface area (Å²) >= 11 is 5.83. The average Bonchev–Trinajstić information content (AvgIpc) is 2.61. The zero-order valence-electron chi connectivity index (χ0n) is 13.8. The number of rotatable bonds is 7. The molecule has 8 nitrogen and oxygen atoms in total. The van der Waals surface area contributed by atoms with E-state index in [2.05, 4.69) is 4.72 Å². The summed E-state index contributed by atoms with van der Waals surface area (Å²) in [4.78, 5) is 11.4. The van der Waals surface area contributed by atoms with E-state index in [1.807, 2.05) is 0 Å². The minimum absolute atomic E-state index is 0.0876. The fraction of sp³-hybridized carbons (Fsp3) is 0.533. The summed E-state index contributed by atoms with van der Waals surface area (Å²) in [6.07, 6.45) is 1.20. The Kier molecular flexibility index (Phi) is 7.03.